The first kappa shape index (κ1) is 10.5. The van der Waals surface area contributed by atoms with Crippen molar-refractivity contribution in [2.75, 3.05) is 0 Å². The fraction of sp³-hybridized carbons (Fsp3) is 0.571. The summed E-state index contributed by atoms with van der Waals surface area (Å²) in [5, 5.41) is 26.4. The summed E-state index contributed by atoms with van der Waals surface area (Å²) in [6.45, 7) is 1.02. The van der Waals surface area contributed by atoms with Crippen molar-refractivity contribution < 1.29 is 34.4 Å². The zero-order valence-corrected chi connectivity index (χ0v) is 7.18. The zero-order chi connectivity index (χ0) is 11.1. The monoisotopic (exact) mass is 204 g/mol. The second-order valence-corrected chi connectivity index (χ2v) is 3.27. The van der Waals surface area contributed by atoms with Crippen molar-refractivity contribution in [3.8, 4) is 0 Å². The minimum Gasteiger partial charge on any atom is -0.479 e. The third-order valence-electron chi connectivity index (χ3n) is 2.06. The van der Waals surface area contributed by atoms with Crippen molar-refractivity contribution in [1.29, 1.82) is 0 Å². The van der Waals surface area contributed by atoms with Crippen molar-refractivity contribution >= 4 is 17.9 Å². The lowest BCUT2D eigenvalue weighted by Gasteiger charge is -2.16. The molecule has 2 atom stereocenters. The quantitative estimate of drug-likeness (QED) is 0.373. The van der Waals surface area contributed by atoms with E-state index in [1.165, 1.54) is 0 Å². The van der Waals surface area contributed by atoms with Gasteiger partial charge < -0.3 is 20.1 Å². The Bertz CT molecular complexity index is 322. The summed E-state index contributed by atoms with van der Waals surface area (Å²) in [6.07, 6.45) is -0.802. The van der Waals surface area contributed by atoms with E-state index in [9.17, 15) is 19.5 Å². The number of carbonyl (C=O) groups excluding carboxylic acids is 1. The van der Waals surface area contributed by atoms with Crippen LogP contribution in [-0.4, -0.2) is 44.4 Å². The Kier molecular flexibility index (Phi) is 2.00. The Morgan fingerprint density at radius 1 is 1.36 bits per heavy atom. The molecule has 1 aliphatic rings. The van der Waals surface area contributed by atoms with E-state index in [4.69, 9.17) is 10.2 Å². The van der Waals surface area contributed by atoms with E-state index in [-0.39, 0.29) is 0 Å². The van der Waals surface area contributed by atoms with Gasteiger partial charge >= 0.3 is 17.9 Å². The average molecular weight is 204 g/mol. The lowest BCUT2D eigenvalue weighted by atomic mass is 9.92. The highest BCUT2D eigenvalue weighted by atomic mass is 16.6. The third kappa shape index (κ3) is 1.22. The molecule has 0 aromatic heterocycles. The third-order valence-corrected chi connectivity index (χ3v) is 2.06. The Labute approximate surface area is 77.9 Å². The number of carboxylic acids is 2. The lowest BCUT2D eigenvalue weighted by Crippen LogP contribution is -2.44. The molecular weight excluding hydrogens is 196 g/mol. The van der Waals surface area contributed by atoms with Crippen LogP contribution in [0.4, 0.5) is 0 Å². The van der Waals surface area contributed by atoms with Crippen LogP contribution in [0.2, 0.25) is 0 Å². The zero-order valence-electron chi connectivity index (χ0n) is 7.18. The van der Waals surface area contributed by atoms with Crippen LogP contribution in [0, 0.1) is 0 Å². The summed E-state index contributed by atoms with van der Waals surface area (Å²) in [6, 6.07) is 0. The Balaban J connectivity index is 3.06. The number of carboxylic acid groups (broad SMARTS) is 2. The predicted octanol–water partition coefficient (Wildman–Crippen LogP) is -1.41. The molecule has 1 heterocycles. The first-order valence-electron chi connectivity index (χ1n) is 3.65. The highest BCUT2D eigenvalue weighted by molar-refractivity contribution is 6.06. The Morgan fingerprint density at radius 2 is 1.86 bits per heavy atom. The van der Waals surface area contributed by atoms with Crippen LogP contribution < -0.4 is 0 Å². The molecule has 1 saturated heterocycles. The molecule has 0 saturated carbocycles. The molecule has 0 spiro atoms. The number of hydrogen-bond acceptors (Lipinski definition) is 5. The van der Waals surface area contributed by atoms with Gasteiger partial charge in [0.2, 0.25) is 5.60 Å². The molecule has 7 nitrogen and oxygen atoms in total. The molecule has 0 aromatic carbocycles. The average Bonchev–Trinajstić information content (AvgIpc) is 2.25. The molecular formula is C7H8O7. The van der Waals surface area contributed by atoms with Gasteiger partial charge in [0.05, 0.1) is 0 Å². The number of carbonyl (C=O) groups is 3. The van der Waals surface area contributed by atoms with Crippen LogP contribution in [0.3, 0.4) is 0 Å². The number of aliphatic carboxylic acids is 2. The Morgan fingerprint density at radius 3 is 2.07 bits per heavy atom. The van der Waals surface area contributed by atoms with Crippen LogP contribution in [0.1, 0.15) is 13.3 Å². The minimum absolute atomic E-state index is 0.802. The first-order chi connectivity index (χ1) is 6.22. The van der Waals surface area contributed by atoms with Crippen LogP contribution in [0.5, 0.6) is 0 Å². The number of aliphatic hydroxyl groups is 1. The fourth-order valence-electron chi connectivity index (χ4n) is 1.17. The van der Waals surface area contributed by atoms with Gasteiger partial charge in [-0.15, -0.1) is 0 Å². The highest BCUT2D eigenvalue weighted by Gasteiger charge is 2.62. The maximum atomic E-state index is 10.9. The van der Waals surface area contributed by atoms with Crippen LogP contribution >= 0.6 is 0 Å². The molecule has 7 heteroatoms. The van der Waals surface area contributed by atoms with Crippen molar-refractivity contribution in [3.63, 3.8) is 0 Å². The van der Waals surface area contributed by atoms with E-state index in [2.05, 4.69) is 4.74 Å². The molecule has 2 unspecified atom stereocenters. The fourth-order valence-corrected chi connectivity index (χ4v) is 1.17. The van der Waals surface area contributed by atoms with Gasteiger partial charge in [-0.25, -0.2) is 14.4 Å². The summed E-state index contributed by atoms with van der Waals surface area (Å²) in [7, 11) is 0. The van der Waals surface area contributed by atoms with Gasteiger partial charge in [0.25, 0.3) is 5.60 Å². The maximum absolute atomic E-state index is 10.9. The predicted molar refractivity (Wildman–Crippen MR) is 39.3 cm³/mol. The van der Waals surface area contributed by atoms with Gasteiger partial charge in [0.15, 0.2) is 0 Å². The van der Waals surface area contributed by atoms with Crippen molar-refractivity contribution in [2.45, 2.75) is 24.5 Å². The van der Waals surface area contributed by atoms with Gasteiger partial charge in [-0.05, 0) is 6.92 Å². The summed E-state index contributed by atoms with van der Waals surface area (Å²) in [4.78, 5) is 32.0. The van der Waals surface area contributed by atoms with Gasteiger partial charge in [0, 0.05) is 6.42 Å². The standard InChI is InChI=1S/C7H8O7/c1-6(3(8)9)2-7(13,4(10)11)5(12)14-6/h13H,2H2,1H3,(H,8,9)(H,10,11). The molecule has 1 fully saturated rings. The van der Waals surface area contributed by atoms with E-state index >= 15 is 0 Å². The highest BCUT2D eigenvalue weighted by Crippen LogP contribution is 2.34. The second-order valence-electron chi connectivity index (χ2n) is 3.27. The molecule has 1 rings (SSSR count). The molecule has 0 aromatic rings. The van der Waals surface area contributed by atoms with E-state index < -0.39 is 35.5 Å². The molecule has 0 amide bonds. The van der Waals surface area contributed by atoms with Crippen LogP contribution in [-0.2, 0) is 19.1 Å². The summed E-state index contributed by atoms with van der Waals surface area (Å²) in [5.74, 6) is -4.76. The number of cyclic esters (lactones) is 1. The molecule has 78 valence electrons. The van der Waals surface area contributed by atoms with Crippen LogP contribution in [0.25, 0.3) is 0 Å². The second kappa shape index (κ2) is 2.68. The van der Waals surface area contributed by atoms with E-state index in [0.29, 0.717) is 0 Å². The molecule has 14 heavy (non-hydrogen) atoms. The van der Waals surface area contributed by atoms with E-state index in [1.54, 1.807) is 0 Å². The molecule has 3 N–H and O–H groups in total. The SMILES string of the molecule is CC1(C(=O)O)CC(O)(C(=O)O)C(=O)O1. The largest absolute Gasteiger partial charge is 0.479 e. The molecule has 1 aliphatic heterocycles. The number of rotatable bonds is 2. The normalized spacial score (nSPS) is 36.6. The molecule has 0 aliphatic carbocycles. The number of esters is 1. The number of hydrogen-bond donors (Lipinski definition) is 3. The minimum atomic E-state index is -2.76. The topological polar surface area (TPSA) is 121 Å². The Hall–Kier alpha value is -1.63. The van der Waals surface area contributed by atoms with E-state index in [0.717, 1.165) is 6.92 Å². The summed E-state index contributed by atoms with van der Waals surface area (Å²) < 4.78 is 4.32. The molecule has 0 bridgehead atoms. The molecule has 0 radical (unpaired) electrons. The van der Waals surface area contributed by atoms with Crippen LogP contribution in [0.15, 0.2) is 0 Å². The van der Waals surface area contributed by atoms with Gasteiger partial charge in [-0.3, -0.25) is 0 Å². The van der Waals surface area contributed by atoms with Crippen molar-refractivity contribution in [1.82, 2.24) is 0 Å². The smallest absolute Gasteiger partial charge is 0.351 e. The van der Waals surface area contributed by atoms with Crippen molar-refractivity contribution in [3.05, 3.63) is 0 Å². The lowest BCUT2D eigenvalue weighted by molar-refractivity contribution is -0.174. The van der Waals surface area contributed by atoms with Gasteiger partial charge in [-0.2, -0.15) is 0 Å². The van der Waals surface area contributed by atoms with Gasteiger partial charge in [-0.1, -0.05) is 0 Å². The summed E-state index contributed by atoms with van der Waals surface area (Å²) in [5.41, 5.74) is -4.74. The maximum Gasteiger partial charge on any atom is 0.351 e. The van der Waals surface area contributed by atoms with E-state index in [1.807, 2.05) is 0 Å². The first-order valence-corrected chi connectivity index (χ1v) is 3.65. The van der Waals surface area contributed by atoms with Gasteiger partial charge in [0.1, 0.15) is 0 Å². The summed E-state index contributed by atoms with van der Waals surface area (Å²) >= 11 is 0. The van der Waals surface area contributed by atoms with Crippen molar-refractivity contribution in [2.24, 2.45) is 0 Å². The number of ether oxygens (including phenoxy) is 1.